The predicted octanol–water partition coefficient (Wildman–Crippen LogP) is 3.14. The minimum atomic E-state index is -0.162. The Morgan fingerprint density at radius 1 is 1.32 bits per heavy atom. The molecular formula is C14H14IN3O. The Bertz CT molecular complexity index is 641. The lowest BCUT2D eigenvalue weighted by Crippen LogP contribution is -2.15. The molecule has 4 nitrogen and oxygen atoms in total. The first-order valence-electron chi connectivity index (χ1n) is 5.77. The second kappa shape index (κ2) is 5.56. The average Bonchev–Trinajstić information content (AvgIpc) is 2.37. The molecule has 3 N–H and O–H groups in total. The molecule has 1 heterocycles. The Labute approximate surface area is 125 Å². The van der Waals surface area contributed by atoms with E-state index >= 15 is 0 Å². The van der Waals surface area contributed by atoms with Crippen molar-refractivity contribution < 1.29 is 4.79 Å². The number of nitrogens with two attached hydrogens (primary N) is 1. The number of anilines is 2. The van der Waals surface area contributed by atoms with Crippen LogP contribution in [0, 0.1) is 17.4 Å². The molecule has 0 aliphatic carbocycles. The molecule has 0 fully saturated rings. The zero-order valence-corrected chi connectivity index (χ0v) is 12.9. The van der Waals surface area contributed by atoms with Gasteiger partial charge in [-0.1, -0.05) is 12.1 Å². The van der Waals surface area contributed by atoms with Gasteiger partial charge < -0.3 is 11.1 Å². The van der Waals surface area contributed by atoms with Gasteiger partial charge in [-0.3, -0.25) is 4.79 Å². The summed E-state index contributed by atoms with van der Waals surface area (Å²) >= 11 is 2.17. The highest BCUT2D eigenvalue weighted by Crippen LogP contribution is 2.19. The average molecular weight is 367 g/mol. The monoisotopic (exact) mass is 367 g/mol. The first kappa shape index (κ1) is 13.8. The smallest absolute Gasteiger partial charge is 0.257 e. The third kappa shape index (κ3) is 3.04. The van der Waals surface area contributed by atoms with E-state index in [2.05, 4.69) is 32.9 Å². The maximum absolute atomic E-state index is 12.2. The predicted molar refractivity (Wildman–Crippen MR) is 85.2 cm³/mol. The number of rotatable bonds is 2. The Kier molecular flexibility index (Phi) is 4.04. The molecule has 2 aromatic rings. The van der Waals surface area contributed by atoms with Gasteiger partial charge in [-0.05, 0) is 59.7 Å². The lowest BCUT2D eigenvalue weighted by molar-refractivity contribution is 0.102. The summed E-state index contributed by atoms with van der Waals surface area (Å²) in [5.74, 6) is 0.346. The Morgan fingerprint density at radius 2 is 2.05 bits per heavy atom. The van der Waals surface area contributed by atoms with Crippen molar-refractivity contribution in [3.8, 4) is 0 Å². The summed E-state index contributed by atoms with van der Waals surface area (Å²) in [4.78, 5) is 16.3. The molecule has 0 spiro atoms. The van der Waals surface area contributed by atoms with Gasteiger partial charge in [-0.15, -0.1) is 0 Å². The first-order chi connectivity index (χ1) is 8.99. The lowest BCUT2D eigenvalue weighted by atomic mass is 10.1. The molecule has 0 aliphatic heterocycles. The summed E-state index contributed by atoms with van der Waals surface area (Å²) in [6, 6.07) is 7.41. The Morgan fingerprint density at radius 3 is 2.74 bits per heavy atom. The van der Waals surface area contributed by atoms with E-state index in [1.54, 1.807) is 18.3 Å². The number of aryl methyl sites for hydroxylation is 2. The zero-order chi connectivity index (χ0) is 14.0. The van der Waals surface area contributed by atoms with Crippen molar-refractivity contribution in [3.63, 3.8) is 0 Å². The second-order valence-electron chi connectivity index (χ2n) is 4.32. The Hall–Kier alpha value is -1.63. The molecule has 1 aromatic heterocycles. The lowest BCUT2D eigenvalue weighted by Gasteiger charge is -2.09. The van der Waals surface area contributed by atoms with Gasteiger partial charge in [0.15, 0.2) is 0 Å². The third-order valence-corrected chi connectivity index (χ3v) is 4.26. The van der Waals surface area contributed by atoms with E-state index in [4.69, 9.17) is 5.73 Å². The number of benzene rings is 1. The van der Waals surface area contributed by atoms with Crippen molar-refractivity contribution in [1.29, 1.82) is 0 Å². The van der Waals surface area contributed by atoms with Crippen molar-refractivity contribution >= 4 is 40.0 Å². The summed E-state index contributed by atoms with van der Waals surface area (Å²) < 4.78 is 0.949. The molecule has 0 aliphatic rings. The number of carbonyl (C=O) groups excluding carboxylic acids is 1. The fourth-order valence-electron chi connectivity index (χ4n) is 1.64. The highest BCUT2D eigenvalue weighted by molar-refractivity contribution is 14.1. The van der Waals surface area contributed by atoms with Gasteiger partial charge in [0, 0.05) is 3.57 Å². The first-order valence-corrected chi connectivity index (χ1v) is 6.85. The number of aromatic nitrogens is 1. The molecule has 0 unspecified atom stereocenters. The standard InChI is InChI=1S/C14H14IN3O/c1-8-4-3-5-10(13(8)15)14(19)18-12-6-9(2)11(16)7-17-12/h3-7H,16H2,1-2H3,(H,17,18,19). The number of pyridine rings is 1. The number of hydrogen-bond acceptors (Lipinski definition) is 3. The summed E-state index contributed by atoms with van der Waals surface area (Å²) in [7, 11) is 0. The number of hydrogen-bond donors (Lipinski definition) is 2. The highest BCUT2D eigenvalue weighted by atomic mass is 127. The van der Waals surface area contributed by atoms with Crippen molar-refractivity contribution in [2.45, 2.75) is 13.8 Å². The van der Waals surface area contributed by atoms with Crippen LogP contribution < -0.4 is 11.1 Å². The molecule has 0 saturated heterocycles. The summed E-state index contributed by atoms with van der Waals surface area (Å²) in [6.45, 7) is 3.85. The number of amides is 1. The van der Waals surface area contributed by atoms with Crippen LogP contribution in [0.4, 0.5) is 11.5 Å². The fourth-order valence-corrected chi connectivity index (χ4v) is 2.25. The number of carbonyl (C=O) groups is 1. The van der Waals surface area contributed by atoms with E-state index in [0.717, 1.165) is 14.7 Å². The highest BCUT2D eigenvalue weighted by Gasteiger charge is 2.12. The number of halogens is 1. The van der Waals surface area contributed by atoms with E-state index in [9.17, 15) is 4.79 Å². The van der Waals surface area contributed by atoms with E-state index in [1.165, 1.54) is 0 Å². The molecule has 19 heavy (non-hydrogen) atoms. The molecule has 0 atom stereocenters. The van der Waals surface area contributed by atoms with Crippen molar-refractivity contribution in [2.75, 3.05) is 11.1 Å². The maximum Gasteiger partial charge on any atom is 0.257 e. The van der Waals surface area contributed by atoms with E-state index < -0.39 is 0 Å². The zero-order valence-electron chi connectivity index (χ0n) is 10.7. The van der Waals surface area contributed by atoms with Crippen LogP contribution in [0.25, 0.3) is 0 Å². The maximum atomic E-state index is 12.2. The molecule has 2 rings (SSSR count). The molecular weight excluding hydrogens is 353 g/mol. The summed E-state index contributed by atoms with van der Waals surface area (Å²) in [5, 5.41) is 2.78. The van der Waals surface area contributed by atoms with Crippen LogP contribution in [0.3, 0.4) is 0 Å². The van der Waals surface area contributed by atoms with Gasteiger partial charge in [-0.2, -0.15) is 0 Å². The van der Waals surface area contributed by atoms with Crippen LogP contribution in [0.5, 0.6) is 0 Å². The van der Waals surface area contributed by atoms with Crippen molar-refractivity contribution in [2.24, 2.45) is 0 Å². The van der Waals surface area contributed by atoms with Crippen molar-refractivity contribution in [3.05, 3.63) is 50.7 Å². The molecule has 98 valence electrons. The van der Waals surface area contributed by atoms with Gasteiger partial charge in [0.25, 0.3) is 5.91 Å². The van der Waals surface area contributed by atoms with Crippen LogP contribution >= 0.6 is 22.6 Å². The van der Waals surface area contributed by atoms with Crippen LogP contribution in [-0.4, -0.2) is 10.9 Å². The van der Waals surface area contributed by atoms with Crippen LogP contribution in [0.15, 0.2) is 30.5 Å². The second-order valence-corrected chi connectivity index (χ2v) is 5.40. The van der Waals surface area contributed by atoms with Gasteiger partial charge >= 0.3 is 0 Å². The minimum absolute atomic E-state index is 0.162. The minimum Gasteiger partial charge on any atom is -0.397 e. The summed E-state index contributed by atoms with van der Waals surface area (Å²) in [5.41, 5.74) is 8.93. The molecule has 0 radical (unpaired) electrons. The molecule has 5 heteroatoms. The van der Waals surface area contributed by atoms with Gasteiger partial charge in [-0.25, -0.2) is 4.98 Å². The molecule has 1 aromatic carbocycles. The van der Waals surface area contributed by atoms with Gasteiger partial charge in [0.2, 0.25) is 0 Å². The molecule has 0 saturated carbocycles. The SMILES string of the molecule is Cc1cc(NC(=O)c2cccc(C)c2I)ncc1N. The van der Waals surface area contributed by atoms with Gasteiger partial charge in [0.1, 0.15) is 5.82 Å². The normalized spacial score (nSPS) is 10.3. The van der Waals surface area contributed by atoms with E-state index in [-0.39, 0.29) is 5.91 Å². The summed E-state index contributed by atoms with van der Waals surface area (Å²) in [6.07, 6.45) is 1.55. The number of nitrogen functional groups attached to an aromatic ring is 1. The van der Waals surface area contributed by atoms with Crippen molar-refractivity contribution in [1.82, 2.24) is 4.98 Å². The largest absolute Gasteiger partial charge is 0.397 e. The van der Waals surface area contributed by atoms with E-state index in [1.807, 2.05) is 26.0 Å². The van der Waals surface area contributed by atoms with Gasteiger partial charge in [0.05, 0.1) is 17.4 Å². The van der Waals surface area contributed by atoms with E-state index in [0.29, 0.717) is 17.1 Å². The van der Waals surface area contributed by atoms with Crippen LogP contribution in [-0.2, 0) is 0 Å². The Balaban J connectivity index is 2.26. The quantitative estimate of drug-likeness (QED) is 0.802. The topological polar surface area (TPSA) is 68.0 Å². The van der Waals surface area contributed by atoms with Crippen LogP contribution in [0.1, 0.15) is 21.5 Å². The number of nitrogens with one attached hydrogen (secondary N) is 1. The third-order valence-electron chi connectivity index (χ3n) is 2.83. The molecule has 0 bridgehead atoms. The number of nitrogens with zero attached hydrogens (tertiary/aromatic N) is 1. The fraction of sp³-hybridized carbons (Fsp3) is 0.143. The van der Waals surface area contributed by atoms with Crippen LogP contribution in [0.2, 0.25) is 0 Å². The molecule has 1 amide bonds.